The van der Waals surface area contributed by atoms with Gasteiger partial charge in [-0.2, -0.15) is 0 Å². The molecule has 28 heavy (non-hydrogen) atoms. The third-order valence-corrected chi connectivity index (χ3v) is 4.99. The van der Waals surface area contributed by atoms with Gasteiger partial charge in [0.15, 0.2) is 5.54 Å². The van der Waals surface area contributed by atoms with Crippen LogP contribution in [-0.2, 0) is 16.9 Å². The zero-order chi connectivity index (χ0) is 19.6. The summed E-state index contributed by atoms with van der Waals surface area (Å²) in [7, 11) is 1.59. The van der Waals surface area contributed by atoms with Crippen LogP contribution in [0, 0.1) is 0 Å². The summed E-state index contributed by atoms with van der Waals surface area (Å²) >= 11 is 0. The summed E-state index contributed by atoms with van der Waals surface area (Å²) in [5.41, 5.74) is 1.04. The molecular formula is C23H20N2O3. The molecule has 1 aliphatic heterocycles. The van der Waals surface area contributed by atoms with E-state index in [0.29, 0.717) is 5.75 Å². The highest BCUT2D eigenvalue weighted by molar-refractivity contribution is 6.09. The number of imide groups is 1. The maximum atomic E-state index is 13.6. The second-order valence-corrected chi connectivity index (χ2v) is 6.66. The van der Waals surface area contributed by atoms with Gasteiger partial charge in [0.1, 0.15) is 5.75 Å². The Balaban J connectivity index is 1.77. The lowest BCUT2D eigenvalue weighted by atomic mass is 9.82. The zero-order valence-corrected chi connectivity index (χ0v) is 15.5. The monoisotopic (exact) mass is 372 g/mol. The second-order valence-electron chi connectivity index (χ2n) is 6.66. The van der Waals surface area contributed by atoms with Gasteiger partial charge in [-0.3, -0.25) is 9.69 Å². The number of rotatable bonds is 5. The van der Waals surface area contributed by atoms with Gasteiger partial charge in [0.25, 0.3) is 5.91 Å². The molecule has 4 rings (SSSR count). The SMILES string of the molecule is COc1cccc(CN2C(=O)NC(c3ccccc3)(c3ccccc3)C2=O)c1. The molecule has 0 aromatic heterocycles. The molecule has 1 saturated heterocycles. The summed E-state index contributed by atoms with van der Waals surface area (Å²) in [4.78, 5) is 27.7. The molecule has 3 aromatic carbocycles. The topological polar surface area (TPSA) is 58.6 Å². The zero-order valence-electron chi connectivity index (χ0n) is 15.5. The number of nitrogens with one attached hydrogen (secondary N) is 1. The van der Waals surface area contributed by atoms with E-state index in [1.807, 2.05) is 84.9 Å². The number of urea groups is 1. The highest BCUT2D eigenvalue weighted by Gasteiger charge is 2.53. The maximum absolute atomic E-state index is 13.6. The van der Waals surface area contributed by atoms with E-state index in [1.165, 1.54) is 4.90 Å². The Labute approximate surface area is 163 Å². The van der Waals surface area contributed by atoms with Crippen LogP contribution in [0.1, 0.15) is 16.7 Å². The van der Waals surface area contributed by atoms with Crippen LogP contribution in [0.3, 0.4) is 0 Å². The number of benzene rings is 3. The van der Waals surface area contributed by atoms with Crippen molar-refractivity contribution in [2.45, 2.75) is 12.1 Å². The molecule has 0 bridgehead atoms. The molecule has 3 aromatic rings. The second kappa shape index (κ2) is 7.19. The number of carbonyl (C=O) groups is 2. The minimum Gasteiger partial charge on any atom is -0.497 e. The Morgan fingerprint density at radius 2 is 1.46 bits per heavy atom. The number of methoxy groups -OCH3 is 1. The first kappa shape index (κ1) is 17.8. The van der Waals surface area contributed by atoms with Crippen molar-refractivity contribution in [2.24, 2.45) is 0 Å². The molecule has 5 heteroatoms. The first-order valence-corrected chi connectivity index (χ1v) is 9.03. The number of ether oxygens (including phenoxy) is 1. The van der Waals surface area contributed by atoms with E-state index in [2.05, 4.69) is 5.32 Å². The van der Waals surface area contributed by atoms with Gasteiger partial charge in [-0.15, -0.1) is 0 Å². The number of carbonyl (C=O) groups excluding carboxylic acids is 2. The molecular weight excluding hydrogens is 352 g/mol. The van der Waals surface area contributed by atoms with Crippen molar-refractivity contribution in [1.82, 2.24) is 10.2 Å². The Morgan fingerprint density at radius 3 is 2.04 bits per heavy atom. The summed E-state index contributed by atoms with van der Waals surface area (Å²) < 4.78 is 5.25. The van der Waals surface area contributed by atoms with E-state index in [1.54, 1.807) is 7.11 Å². The molecule has 1 fully saturated rings. The summed E-state index contributed by atoms with van der Waals surface area (Å²) in [5.74, 6) is 0.389. The molecule has 0 unspecified atom stereocenters. The van der Waals surface area contributed by atoms with Gasteiger partial charge >= 0.3 is 6.03 Å². The lowest BCUT2D eigenvalue weighted by Gasteiger charge is -2.28. The van der Waals surface area contributed by atoms with E-state index in [4.69, 9.17) is 4.74 Å². The first-order valence-electron chi connectivity index (χ1n) is 9.03. The normalized spacial score (nSPS) is 15.4. The van der Waals surface area contributed by atoms with Crippen molar-refractivity contribution in [3.05, 3.63) is 102 Å². The Bertz CT molecular complexity index is 963. The van der Waals surface area contributed by atoms with Crippen LogP contribution >= 0.6 is 0 Å². The van der Waals surface area contributed by atoms with Gasteiger partial charge in [0.2, 0.25) is 0 Å². The molecule has 1 N–H and O–H groups in total. The molecule has 1 heterocycles. The van der Waals surface area contributed by atoms with Crippen LogP contribution in [0.5, 0.6) is 5.75 Å². The van der Waals surface area contributed by atoms with Gasteiger partial charge in [-0.1, -0.05) is 72.8 Å². The lowest BCUT2D eigenvalue weighted by molar-refractivity contribution is -0.130. The Hall–Kier alpha value is -3.60. The quantitative estimate of drug-likeness (QED) is 0.695. The summed E-state index contributed by atoms with van der Waals surface area (Å²) in [6, 6.07) is 25.6. The molecule has 3 amide bonds. The summed E-state index contributed by atoms with van der Waals surface area (Å²) in [6.07, 6.45) is 0. The molecule has 0 saturated carbocycles. The van der Waals surface area contributed by atoms with Crippen LogP contribution in [-0.4, -0.2) is 23.9 Å². The molecule has 0 radical (unpaired) electrons. The van der Waals surface area contributed by atoms with Gasteiger partial charge < -0.3 is 10.1 Å². The van der Waals surface area contributed by atoms with Crippen molar-refractivity contribution in [3.63, 3.8) is 0 Å². The predicted octanol–water partition coefficient (Wildman–Crippen LogP) is 3.69. The fourth-order valence-electron chi connectivity index (χ4n) is 3.61. The van der Waals surface area contributed by atoms with Crippen LogP contribution < -0.4 is 10.1 Å². The summed E-state index contributed by atoms with van der Waals surface area (Å²) in [6.45, 7) is 0.170. The number of hydrogen-bond donors (Lipinski definition) is 1. The van der Waals surface area contributed by atoms with Crippen molar-refractivity contribution in [2.75, 3.05) is 7.11 Å². The minimum atomic E-state index is -1.24. The molecule has 0 spiro atoms. The van der Waals surface area contributed by atoms with Crippen LogP contribution in [0.25, 0.3) is 0 Å². The average molecular weight is 372 g/mol. The van der Waals surface area contributed by atoms with E-state index >= 15 is 0 Å². The molecule has 0 atom stereocenters. The first-order chi connectivity index (χ1) is 13.6. The smallest absolute Gasteiger partial charge is 0.325 e. The highest BCUT2D eigenvalue weighted by Crippen LogP contribution is 2.36. The summed E-state index contributed by atoms with van der Waals surface area (Å²) in [5, 5.41) is 2.95. The standard InChI is InChI=1S/C23H20N2O3/c1-28-20-14-8-9-17(15-20)16-25-21(26)23(24-22(25)27,18-10-4-2-5-11-18)19-12-6-3-7-13-19/h2-15H,16H2,1H3,(H,24,27). The number of amides is 3. The van der Waals surface area contributed by atoms with E-state index in [-0.39, 0.29) is 12.5 Å². The highest BCUT2D eigenvalue weighted by atomic mass is 16.5. The van der Waals surface area contributed by atoms with Crippen LogP contribution in [0.4, 0.5) is 4.79 Å². The predicted molar refractivity (Wildman–Crippen MR) is 106 cm³/mol. The third-order valence-electron chi connectivity index (χ3n) is 4.99. The largest absolute Gasteiger partial charge is 0.497 e. The Morgan fingerprint density at radius 1 is 0.857 bits per heavy atom. The average Bonchev–Trinajstić information content (AvgIpc) is 3.01. The van der Waals surface area contributed by atoms with E-state index in [0.717, 1.165) is 16.7 Å². The fraction of sp³-hybridized carbons (Fsp3) is 0.130. The van der Waals surface area contributed by atoms with Gasteiger partial charge in [-0.05, 0) is 28.8 Å². The van der Waals surface area contributed by atoms with Crippen molar-refractivity contribution in [1.29, 1.82) is 0 Å². The minimum absolute atomic E-state index is 0.170. The fourth-order valence-corrected chi connectivity index (χ4v) is 3.61. The lowest BCUT2D eigenvalue weighted by Crippen LogP contribution is -2.45. The Kier molecular flexibility index (Phi) is 4.57. The van der Waals surface area contributed by atoms with Gasteiger partial charge in [-0.25, -0.2) is 4.79 Å². The third kappa shape index (κ3) is 2.91. The van der Waals surface area contributed by atoms with E-state index in [9.17, 15) is 9.59 Å². The van der Waals surface area contributed by atoms with Crippen molar-refractivity contribution in [3.8, 4) is 5.75 Å². The molecule has 1 aliphatic rings. The molecule has 0 aliphatic carbocycles. The van der Waals surface area contributed by atoms with Crippen LogP contribution in [0.15, 0.2) is 84.9 Å². The molecule has 5 nitrogen and oxygen atoms in total. The van der Waals surface area contributed by atoms with Crippen molar-refractivity contribution >= 4 is 11.9 Å². The maximum Gasteiger partial charge on any atom is 0.325 e. The van der Waals surface area contributed by atoms with Crippen molar-refractivity contribution < 1.29 is 14.3 Å². The molecule has 140 valence electrons. The number of hydrogen-bond acceptors (Lipinski definition) is 3. The van der Waals surface area contributed by atoms with E-state index < -0.39 is 11.6 Å². The van der Waals surface area contributed by atoms with Gasteiger partial charge in [0.05, 0.1) is 13.7 Å². The van der Waals surface area contributed by atoms with Gasteiger partial charge in [0, 0.05) is 0 Å². The van der Waals surface area contributed by atoms with Crippen LogP contribution in [0.2, 0.25) is 0 Å². The number of nitrogens with zero attached hydrogens (tertiary/aromatic N) is 1.